The van der Waals surface area contributed by atoms with Gasteiger partial charge in [-0.05, 0) is 30.7 Å². The molecule has 2 aromatic carbocycles. The SMILES string of the molecule is CCCCN1C(=O)c2ccccc2OP1c1ccccc1. The summed E-state index contributed by atoms with van der Waals surface area (Å²) < 4.78 is 8.07. The highest BCUT2D eigenvalue weighted by atomic mass is 31.2. The summed E-state index contributed by atoms with van der Waals surface area (Å²) in [5.74, 6) is 0.783. The molecule has 0 spiro atoms. The first-order valence-corrected chi connectivity index (χ1v) is 8.46. The van der Waals surface area contributed by atoms with Crippen LogP contribution in [0.2, 0.25) is 0 Å². The van der Waals surface area contributed by atoms with E-state index < -0.39 is 8.30 Å². The van der Waals surface area contributed by atoms with E-state index in [0.717, 1.165) is 24.7 Å². The van der Waals surface area contributed by atoms with Gasteiger partial charge in [-0.1, -0.05) is 43.7 Å². The van der Waals surface area contributed by atoms with Crippen molar-refractivity contribution in [1.82, 2.24) is 4.67 Å². The van der Waals surface area contributed by atoms with Crippen molar-refractivity contribution in [3.63, 3.8) is 0 Å². The van der Waals surface area contributed by atoms with Crippen LogP contribution in [0.25, 0.3) is 0 Å². The zero-order valence-electron chi connectivity index (χ0n) is 12.0. The number of amides is 1. The maximum absolute atomic E-state index is 12.8. The van der Waals surface area contributed by atoms with Crippen LogP contribution in [0.3, 0.4) is 0 Å². The third kappa shape index (κ3) is 2.79. The minimum Gasteiger partial charge on any atom is -0.448 e. The average molecular weight is 299 g/mol. The second-order valence-corrected chi connectivity index (χ2v) is 6.71. The van der Waals surface area contributed by atoms with Crippen molar-refractivity contribution in [2.45, 2.75) is 19.8 Å². The number of nitrogens with zero attached hydrogens (tertiary/aromatic N) is 1. The topological polar surface area (TPSA) is 29.5 Å². The fourth-order valence-corrected chi connectivity index (χ4v) is 4.19. The Morgan fingerprint density at radius 1 is 1.05 bits per heavy atom. The van der Waals surface area contributed by atoms with Crippen molar-refractivity contribution >= 4 is 19.5 Å². The van der Waals surface area contributed by atoms with Gasteiger partial charge in [-0.25, -0.2) is 0 Å². The van der Waals surface area contributed by atoms with Gasteiger partial charge in [-0.15, -0.1) is 0 Å². The molecule has 1 amide bonds. The molecule has 1 aliphatic heterocycles. The number of hydrogen-bond donors (Lipinski definition) is 0. The number of rotatable bonds is 4. The summed E-state index contributed by atoms with van der Waals surface area (Å²) in [7, 11) is -1.08. The Kier molecular flexibility index (Phi) is 4.21. The Labute approximate surface area is 126 Å². The lowest BCUT2D eigenvalue weighted by Gasteiger charge is -2.35. The molecule has 1 atom stereocenters. The number of hydrogen-bond acceptors (Lipinski definition) is 2. The average Bonchev–Trinajstić information content (AvgIpc) is 2.55. The predicted octanol–water partition coefficient (Wildman–Crippen LogP) is 3.96. The molecule has 1 heterocycles. The van der Waals surface area contributed by atoms with Crippen LogP contribution >= 0.6 is 8.30 Å². The van der Waals surface area contributed by atoms with Gasteiger partial charge >= 0.3 is 0 Å². The smallest absolute Gasteiger partial charge is 0.263 e. The number of para-hydroxylation sites is 1. The summed E-state index contributed by atoms with van der Waals surface area (Å²) in [5.41, 5.74) is 0.670. The standard InChI is InChI=1S/C17H18NO2P/c1-2-3-13-18-17(19)15-11-7-8-12-16(15)20-21(18)14-9-5-4-6-10-14/h4-12H,2-3,13H2,1H3. The molecule has 0 saturated carbocycles. The normalized spacial score (nSPS) is 17.3. The van der Waals surface area contributed by atoms with Crippen LogP contribution in [0.1, 0.15) is 30.1 Å². The molecular weight excluding hydrogens is 281 g/mol. The Bertz CT molecular complexity index is 630. The molecule has 0 N–H and O–H groups in total. The molecular formula is C17H18NO2P. The van der Waals surface area contributed by atoms with E-state index in [9.17, 15) is 4.79 Å². The van der Waals surface area contributed by atoms with E-state index in [1.807, 2.05) is 59.3 Å². The van der Waals surface area contributed by atoms with E-state index >= 15 is 0 Å². The molecule has 1 unspecified atom stereocenters. The van der Waals surface area contributed by atoms with Gasteiger partial charge in [0, 0.05) is 11.8 Å². The van der Waals surface area contributed by atoms with Crippen molar-refractivity contribution < 1.29 is 9.32 Å². The Morgan fingerprint density at radius 2 is 1.76 bits per heavy atom. The summed E-state index contributed by atoms with van der Waals surface area (Å²) >= 11 is 0. The highest BCUT2D eigenvalue weighted by molar-refractivity contribution is 7.59. The molecule has 21 heavy (non-hydrogen) atoms. The van der Waals surface area contributed by atoms with Crippen LogP contribution in [0.4, 0.5) is 0 Å². The summed E-state index contributed by atoms with van der Waals surface area (Å²) in [5, 5.41) is 1.08. The maximum Gasteiger partial charge on any atom is 0.263 e. The zero-order valence-corrected chi connectivity index (χ0v) is 12.9. The minimum absolute atomic E-state index is 0.0836. The van der Waals surface area contributed by atoms with Gasteiger partial charge < -0.3 is 4.52 Å². The van der Waals surface area contributed by atoms with Crippen molar-refractivity contribution in [2.75, 3.05) is 6.54 Å². The lowest BCUT2D eigenvalue weighted by Crippen LogP contribution is -2.35. The van der Waals surface area contributed by atoms with Gasteiger partial charge in [0.25, 0.3) is 5.91 Å². The maximum atomic E-state index is 12.8. The molecule has 0 aliphatic carbocycles. The molecule has 0 bridgehead atoms. The van der Waals surface area contributed by atoms with Gasteiger partial charge in [-0.2, -0.15) is 0 Å². The molecule has 0 fully saturated rings. The Morgan fingerprint density at radius 3 is 2.52 bits per heavy atom. The Balaban J connectivity index is 1.99. The van der Waals surface area contributed by atoms with Crippen LogP contribution in [-0.2, 0) is 0 Å². The fourth-order valence-electron chi connectivity index (χ4n) is 2.33. The first-order chi connectivity index (χ1) is 10.3. The first kappa shape index (κ1) is 14.1. The summed E-state index contributed by atoms with van der Waals surface area (Å²) in [6, 6.07) is 17.5. The van der Waals surface area contributed by atoms with Crippen molar-refractivity contribution in [3.8, 4) is 5.75 Å². The van der Waals surface area contributed by atoms with E-state index in [-0.39, 0.29) is 5.91 Å². The van der Waals surface area contributed by atoms with Gasteiger partial charge in [0.2, 0.25) is 8.30 Å². The largest absolute Gasteiger partial charge is 0.448 e. The number of carbonyl (C=O) groups is 1. The number of unbranched alkanes of at least 4 members (excludes halogenated alkanes) is 1. The Hall–Kier alpha value is -1.86. The second kappa shape index (κ2) is 6.28. The third-order valence-corrected chi connectivity index (χ3v) is 5.39. The molecule has 0 radical (unpaired) electrons. The van der Waals surface area contributed by atoms with Crippen LogP contribution < -0.4 is 9.83 Å². The summed E-state index contributed by atoms with van der Waals surface area (Å²) in [6.45, 7) is 2.87. The highest BCUT2D eigenvalue weighted by Gasteiger charge is 2.35. The minimum atomic E-state index is -1.08. The van der Waals surface area contributed by atoms with E-state index in [0.29, 0.717) is 11.3 Å². The molecule has 3 nitrogen and oxygen atoms in total. The quantitative estimate of drug-likeness (QED) is 0.800. The number of fused-ring (bicyclic) bond motifs is 1. The summed E-state index contributed by atoms with van der Waals surface area (Å²) in [6.07, 6.45) is 2.05. The van der Waals surface area contributed by atoms with Crippen molar-refractivity contribution in [2.24, 2.45) is 0 Å². The molecule has 0 saturated heterocycles. The van der Waals surface area contributed by atoms with Gasteiger partial charge in [0.15, 0.2) is 0 Å². The first-order valence-electron chi connectivity index (χ1n) is 7.25. The van der Waals surface area contributed by atoms with Gasteiger partial charge in [0.05, 0.1) is 5.56 Å². The highest BCUT2D eigenvalue weighted by Crippen LogP contribution is 2.47. The zero-order chi connectivity index (χ0) is 14.7. The monoisotopic (exact) mass is 299 g/mol. The van der Waals surface area contributed by atoms with Crippen LogP contribution in [0.5, 0.6) is 5.75 Å². The lowest BCUT2D eigenvalue weighted by molar-refractivity contribution is 0.0846. The molecule has 4 heteroatoms. The van der Waals surface area contributed by atoms with Crippen LogP contribution in [0.15, 0.2) is 54.6 Å². The number of carbonyl (C=O) groups excluding carboxylic acids is 1. The molecule has 3 rings (SSSR count). The van der Waals surface area contributed by atoms with Crippen molar-refractivity contribution in [3.05, 3.63) is 60.2 Å². The predicted molar refractivity (Wildman–Crippen MR) is 86.0 cm³/mol. The lowest BCUT2D eigenvalue weighted by atomic mass is 10.2. The van der Waals surface area contributed by atoms with Gasteiger partial charge in [0.1, 0.15) is 5.75 Å². The van der Waals surface area contributed by atoms with Crippen molar-refractivity contribution in [1.29, 1.82) is 0 Å². The van der Waals surface area contributed by atoms with E-state index in [1.165, 1.54) is 0 Å². The van der Waals surface area contributed by atoms with E-state index in [2.05, 4.69) is 6.92 Å². The van der Waals surface area contributed by atoms with Gasteiger partial charge in [-0.3, -0.25) is 9.46 Å². The van der Waals surface area contributed by atoms with Crippen LogP contribution in [0, 0.1) is 0 Å². The third-order valence-electron chi connectivity index (χ3n) is 3.46. The molecule has 108 valence electrons. The van der Waals surface area contributed by atoms with E-state index in [4.69, 9.17) is 4.52 Å². The van der Waals surface area contributed by atoms with Crippen LogP contribution in [-0.4, -0.2) is 17.1 Å². The number of benzene rings is 2. The fraction of sp³-hybridized carbons (Fsp3) is 0.235. The summed E-state index contributed by atoms with van der Waals surface area (Å²) in [4.78, 5) is 12.8. The molecule has 0 aromatic heterocycles. The molecule has 2 aromatic rings. The van der Waals surface area contributed by atoms with E-state index in [1.54, 1.807) is 0 Å². The second-order valence-electron chi connectivity index (χ2n) is 4.98. The molecule has 1 aliphatic rings.